The number of rotatable bonds is 6. The van der Waals surface area contributed by atoms with Gasteiger partial charge in [-0.15, -0.1) is 11.3 Å². The number of nitrogens with one attached hydrogen (secondary N) is 1. The zero-order valence-electron chi connectivity index (χ0n) is 12.6. The molecular formula is C15H19N3O3S2. The van der Waals surface area contributed by atoms with Crippen molar-refractivity contribution < 1.29 is 13.2 Å². The molecule has 3 heterocycles. The lowest BCUT2D eigenvalue weighted by Gasteiger charge is -2.34. The fourth-order valence-electron chi connectivity index (χ4n) is 2.60. The quantitative estimate of drug-likeness (QED) is 0.852. The molecule has 0 spiro atoms. The predicted octanol–water partition coefficient (Wildman–Crippen LogP) is 1.49. The summed E-state index contributed by atoms with van der Waals surface area (Å²) in [6.45, 7) is 3.19. The molecule has 1 aliphatic heterocycles. The van der Waals surface area contributed by atoms with E-state index in [9.17, 15) is 8.42 Å². The van der Waals surface area contributed by atoms with Crippen LogP contribution in [0.2, 0.25) is 0 Å². The van der Waals surface area contributed by atoms with Gasteiger partial charge in [-0.1, -0.05) is 12.1 Å². The van der Waals surface area contributed by atoms with Crippen molar-refractivity contribution in [3.63, 3.8) is 0 Å². The molecule has 1 aliphatic rings. The zero-order valence-corrected chi connectivity index (χ0v) is 14.2. The lowest BCUT2D eigenvalue weighted by atomic mass is 10.1. The van der Waals surface area contributed by atoms with Gasteiger partial charge in [-0.2, -0.15) is 0 Å². The molecule has 2 aromatic heterocycles. The summed E-state index contributed by atoms with van der Waals surface area (Å²) in [6.07, 6.45) is 3.51. The summed E-state index contributed by atoms with van der Waals surface area (Å²) in [7, 11) is -3.47. The minimum absolute atomic E-state index is 0.0534. The van der Waals surface area contributed by atoms with Gasteiger partial charge in [-0.3, -0.25) is 9.88 Å². The number of ether oxygens (including phenoxy) is 1. The number of pyridine rings is 1. The Labute approximate surface area is 140 Å². The number of hydrogen-bond donors (Lipinski definition) is 1. The number of nitrogens with zero attached hydrogens (tertiary/aromatic N) is 2. The van der Waals surface area contributed by atoms with Crippen molar-refractivity contribution in [1.82, 2.24) is 14.6 Å². The number of aromatic nitrogens is 1. The van der Waals surface area contributed by atoms with Crippen molar-refractivity contribution in [3.05, 3.63) is 47.6 Å². The van der Waals surface area contributed by atoms with Crippen LogP contribution in [-0.4, -0.2) is 51.1 Å². The van der Waals surface area contributed by atoms with Gasteiger partial charge in [0.15, 0.2) is 0 Å². The van der Waals surface area contributed by atoms with E-state index >= 15 is 0 Å². The van der Waals surface area contributed by atoms with Gasteiger partial charge >= 0.3 is 0 Å². The zero-order chi connectivity index (χ0) is 16.1. The number of morpholine rings is 1. The molecule has 1 N–H and O–H groups in total. The standard InChI is InChI=1S/C15H19N3O3S2/c19-23(20,15-4-2-10-22-15)17-12-14(13-3-1-5-16-11-13)18-6-8-21-9-7-18/h1-5,10-11,14,17H,6-9,12H2/t14-/m1/s1. The van der Waals surface area contributed by atoms with Crippen LogP contribution >= 0.6 is 11.3 Å². The molecule has 0 aromatic carbocycles. The van der Waals surface area contributed by atoms with Crippen molar-refractivity contribution in [2.75, 3.05) is 32.8 Å². The minimum Gasteiger partial charge on any atom is -0.379 e. The largest absolute Gasteiger partial charge is 0.379 e. The van der Waals surface area contributed by atoms with Crippen molar-refractivity contribution in [2.24, 2.45) is 0 Å². The maximum absolute atomic E-state index is 12.4. The molecule has 2 aromatic rings. The highest BCUT2D eigenvalue weighted by Crippen LogP contribution is 2.22. The van der Waals surface area contributed by atoms with Crippen LogP contribution in [0, 0.1) is 0 Å². The highest BCUT2D eigenvalue weighted by atomic mass is 32.2. The topological polar surface area (TPSA) is 71.5 Å². The highest BCUT2D eigenvalue weighted by Gasteiger charge is 2.25. The first-order valence-electron chi connectivity index (χ1n) is 7.42. The Morgan fingerprint density at radius 3 is 2.78 bits per heavy atom. The monoisotopic (exact) mass is 353 g/mol. The number of hydrogen-bond acceptors (Lipinski definition) is 6. The van der Waals surface area contributed by atoms with Crippen LogP contribution in [0.4, 0.5) is 0 Å². The normalized spacial score (nSPS) is 17.9. The Kier molecular flexibility index (Phi) is 5.39. The Hall–Kier alpha value is -1.32. The third-order valence-corrected chi connectivity index (χ3v) is 6.60. The first-order valence-corrected chi connectivity index (χ1v) is 9.78. The molecule has 0 radical (unpaired) electrons. The van der Waals surface area contributed by atoms with Crippen molar-refractivity contribution >= 4 is 21.4 Å². The van der Waals surface area contributed by atoms with Gasteiger partial charge in [0.25, 0.3) is 0 Å². The molecule has 0 amide bonds. The van der Waals surface area contributed by atoms with Crippen LogP contribution in [0.3, 0.4) is 0 Å². The molecule has 0 saturated carbocycles. The van der Waals surface area contributed by atoms with Gasteiger partial charge in [0, 0.05) is 32.0 Å². The lowest BCUT2D eigenvalue weighted by Crippen LogP contribution is -2.43. The van der Waals surface area contributed by atoms with Crippen molar-refractivity contribution in [1.29, 1.82) is 0 Å². The molecule has 23 heavy (non-hydrogen) atoms. The fraction of sp³-hybridized carbons (Fsp3) is 0.400. The first kappa shape index (κ1) is 16.5. The Balaban J connectivity index is 1.76. The van der Waals surface area contributed by atoms with Gasteiger partial charge in [0.1, 0.15) is 4.21 Å². The summed E-state index contributed by atoms with van der Waals surface area (Å²) in [6, 6.07) is 7.14. The number of thiophene rings is 1. The average Bonchev–Trinajstić information content (AvgIpc) is 3.12. The summed E-state index contributed by atoms with van der Waals surface area (Å²) < 4.78 is 33.2. The Morgan fingerprint density at radius 2 is 2.13 bits per heavy atom. The summed E-state index contributed by atoms with van der Waals surface area (Å²) >= 11 is 1.22. The minimum atomic E-state index is -3.47. The maximum atomic E-state index is 12.4. The van der Waals surface area contributed by atoms with E-state index in [0.29, 0.717) is 24.0 Å². The van der Waals surface area contributed by atoms with Crippen molar-refractivity contribution in [3.8, 4) is 0 Å². The average molecular weight is 353 g/mol. The SMILES string of the molecule is O=S(=O)(NC[C@H](c1cccnc1)N1CCOCC1)c1cccs1. The lowest BCUT2D eigenvalue weighted by molar-refractivity contribution is 0.0171. The molecule has 1 atom stereocenters. The second-order valence-corrected chi connectivity index (χ2v) is 8.18. The molecule has 124 valence electrons. The molecular weight excluding hydrogens is 334 g/mol. The molecule has 0 bridgehead atoms. The van der Waals surface area contributed by atoms with E-state index in [2.05, 4.69) is 14.6 Å². The molecule has 1 fully saturated rings. The summed E-state index contributed by atoms with van der Waals surface area (Å²) in [5.74, 6) is 0. The highest BCUT2D eigenvalue weighted by molar-refractivity contribution is 7.91. The van der Waals surface area contributed by atoms with Gasteiger partial charge in [-0.05, 0) is 23.1 Å². The summed E-state index contributed by atoms with van der Waals surface area (Å²) in [5, 5.41) is 1.76. The van der Waals surface area contributed by atoms with Crippen LogP contribution in [-0.2, 0) is 14.8 Å². The third-order valence-electron chi connectivity index (χ3n) is 3.78. The van der Waals surface area contributed by atoms with Crippen LogP contribution in [0.1, 0.15) is 11.6 Å². The van der Waals surface area contributed by atoms with Crippen LogP contribution in [0.5, 0.6) is 0 Å². The van der Waals surface area contributed by atoms with Gasteiger partial charge in [0.05, 0.1) is 19.3 Å². The Bertz CT molecular complexity index is 699. The maximum Gasteiger partial charge on any atom is 0.250 e. The number of sulfonamides is 1. The smallest absolute Gasteiger partial charge is 0.250 e. The van der Waals surface area contributed by atoms with E-state index in [0.717, 1.165) is 18.7 Å². The molecule has 6 nitrogen and oxygen atoms in total. The van der Waals surface area contributed by atoms with E-state index in [1.165, 1.54) is 11.3 Å². The third kappa shape index (κ3) is 4.15. The molecule has 1 saturated heterocycles. The molecule has 3 rings (SSSR count). The van der Waals surface area contributed by atoms with Crippen LogP contribution in [0.25, 0.3) is 0 Å². The van der Waals surface area contributed by atoms with E-state index in [1.54, 1.807) is 29.9 Å². The van der Waals surface area contributed by atoms with E-state index < -0.39 is 10.0 Å². The second-order valence-electron chi connectivity index (χ2n) is 5.23. The Morgan fingerprint density at radius 1 is 1.30 bits per heavy atom. The summed E-state index contributed by atoms with van der Waals surface area (Å²) in [4.78, 5) is 6.40. The molecule has 0 unspecified atom stereocenters. The molecule has 8 heteroatoms. The van der Waals surface area contributed by atoms with Crippen LogP contribution in [0.15, 0.2) is 46.2 Å². The van der Waals surface area contributed by atoms with E-state index in [-0.39, 0.29) is 6.04 Å². The molecule has 0 aliphatic carbocycles. The second kappa shape index (κ2) is 7.50. The van der Waals surface area contributed by atoms with Gasteiger partial charge in [-0.25, -0.2) is 13.1 Å². The summed E-state index contributed by atoms with van der Waals surface area (Å²) in [5.41, 5.74) is 1.00. The first-order chi connectivity index (χ1) is 11.2. The van der Waals surface area contributed by atoms with Crippen LogP contribution < -0.4 is 4.72 Å². The van der Waals surface area contributed by atoms with Crippen molar-refractivity contribution in [2.45, 2.75) is 10.3 Å². The van der Waals surface area contributed by atoms with E-state index in [4.69, 9.17) is 4.74 Å². The van der Waals surface area contributed by atoms with Gasteiger partial charge in [0.2, 0.25) is 10.0 Å². The fourth-order valence-corrected chi connectivity index (χ4v) is 4.67. The van der Waals surface area contributed by atoms with E-state index in [1.807, 2.05) is 12.1 Å². The van der Waals surface area contributed by atoms with Gasteiger partial charge < -0.3 is 4.74 Å². The predicted molar refractivity (Wildman–Crippen MR) is 88.9 cm³/mol.